The molecule has 0 bridgehead atoms. The number of rotatable bonds is 6. The first kappa shape index (κ1) is 12.5. The van der Waals surface area contributed by atoms with Gasteiger partial charge in [0.1, 0.15) is 5.82 Å². The lowest BCUT2D eigenvalue weighted by Gasteiger charge is -2.07. The Kier molecular flexibility index (Phi) is 5.69. The van der Waals surface area contributed by atoms with Gasteiger partial charge in [0.15, 0.2) is 0 Å². The molecule has 0 aliphatic rings. The van der Waals surface area contributed by atoms with Crippen molar-refractivity contribution in [1.82, 2.24) is 0 Å². The third-order valence-corrected chi connectivity index (χ3v) is 2.77. The minimum Gasteiger partial charge on any atom is -0.383 e. The Hall–Kier alpha value is -0.570. The predicted molar refractivity (Wildman–Crippen MR) is 66.7 cm³/mol. The van der Waals surface area contributed by atoms with E-state index < -0.39 is 0 Å². The third kappa shape index (κ3) is 4.65. The van der Waals surface area contributed by atoms with Crippen LogP contribution in [0.4, 0.5) is 10.1 Å². The minimum atomic E-state index is -0.186. The van der Waals surface area contributed by atoms with Crippen molar-refractivity contribution in [1.29, 1.82) is 0 Å². The molecule has 0 aliphatic heterocycles. The highest BCUT2D eigenvalue weighted by Crippen LogP contribution is 2.19. The predicted octanol–water partition coefficient (Wildman–Crippen LogP) is 4.58. The first-order valence-corrected chi connectivity index (χ1v) is 6.22. The number of unbranched alkanes of at least 4 members (excludes halogenated alkanes) is 3. The number of hydrogen-bond acceptors (Lipinski definition) is 1. The molecular weight excluding hydrogens is 257 g/mol. The molecule has 0 amide bonds. The van der Waals surface area contributed by atoms with Gasteiger partial charge in [0.25, 0.3) is 0 Å². The highest BCUT2D eigenvalue weighted by atomic mass is 79.9. The van der Waals surface area contributed by atoms with E-state index in [0.717, 1.165) is 17.4 Å². The third-order valence-electron chi connectivity index (χ3n) is 2.27. The van der Waals surface area contributed by atoms with E-state index in [1.807, 2.05) is 0 Å². The van der Waals surface area contributed by atoms with Gasteiger partial charge in [-0.1, -0.05) is 42.1 Å². The highest BCUT2D eigenvalue weighted by molar-refractivity contribution is 9.10. The molecule has 84 valence electrons. The van der Waals surface area contributed by atoms with Gasteiger partial charge in [0.05, 0.1) is 5.69 Å². The highest BCUT2D eigenvalue weighted by Gasteiger charge is 2.00. The molecule has 0 spiro atoms. The van der Waals surface area contributed by atoms with Crippen molar-refractivity contribution in [3.63, 3.8) is 0 Å². The molecule has 0 unspecified atom stereocenters. The van der Waals surface area contributed by atoms with E-state index in [1.54, 1.807) is 12.1 Å². The van der Waals surface area contributed by atoms with Crippen LogP contribution in [0.2, 0.25) is 0 Å². The Balaban J connectivity index is 2.33. The van der Waals surface area contributed by atoms with Crippen LogP contribution in [-0.4, -0.2) is 6.54 Å². The molecule has 0 radical (unpaired) electrons. The second-order valence-corrected chi connectivity index (χ2v) is 4.53. The van der Waals surface area contributed by atoms with Gasteiger partial charge in [-0.3, -0.25) is 0 Å². The normalized spacial score (nSPS) is 10.3. The van der Waals surface area contributed by atoms with Crippen molar-refractivity contribution in [2.75, 3.05) is 11.9 Å². The molecule has 0 atom stereocenters. The van der Waals surface area contributed by atoms with Crippen molar-refractivity contribution in [2.45, 2.75) is 32.6 Å². The molecule has 1 N–H and O–H groups in total. The fourth-order valence-electron chi connectivity index (χ4n) is 1.41. The van der Waals surface area contributed by atoms with Gasteiger partial charge in [-0.05, 0) is 24.6 Å². The lowest BCUT2D eigenvalue weighted by atomic mass is 10.2. The second kappa shape index (κ2) is 6.83. The summed E-state index contributed by atoms with van der Waals surface area (Å²) in [5, 5.41) is 3.11. The lowest BCUT2D eigenvalue weighted by molar-refractivity contribution is 0.627. The van der Waals surface area contributed by atoms with Crippen molar-refractivity contribution in [2.24, 2.45) is 0 Å². The summed E-state index contributed by atoms with van der Waals surface area (Å²) in [6, 6.07) is 4.95. The van der Waals surface area contributed by atoms with Crippen molar-refractivity contribution < 1.29 is 4.39 Å². The molecule has 1 aromatic carbocycles. The summed E-state index contributed by atoms with van der Waals surface area (Å²) in [6.45, 7) is 3.02. The van der Waals surface area contributed by atoms with Gasteiger partial charge < -0.3 is 5.32 Å². The molecule has 1 aromatic rings. The summed E-state index contributed by atoms with van der Waals surface area (Å²) in [5.41, 5.74) is 0.584. The first-order chi connectivity index (χ1) is 7.24. The molecule has 15 heavy (non-hydrogen) atoms. The summed E-state index contributed by atoms with van der Waals surface area (Å²) in [6.07, 6.45) is 4.78. The van der Waals surface area contributed by atoms with E-state index in [0.29, 0.717) is 5.69 Å². The molecule has 3 heteroatoms. The average Bonchev–Trinajstić information content (AvgIpc) is 2.23. The molecule has 0 heterocycles. The Morgan fingerprint density at radius 2 is 2.07 bits per heavy atom. The van der Waals surface area contributed by atoms with E-state index >= 15 is 0 Å². The number of hydrogen-bond donors (Lipinski definition) is 1. The van der Waals surface area contributed by atoms with Gasteiger partial charge in [-0.2, -0.15) is 0 Å². The van der Waals surface area contributed by atoms with E-state index in [4.69, 9.17) is 0 Å². The summed E-state index contributed by atoms with van der Waals surface area (Å²) < 4.78 is 14.2. The molecule has 0 fully saturated rings. The topological polar surface area (TPSA) is 12.0 Å². The van der Waals surface area contributed by atoms with E-state index in [-0.39, 0.29) is 5.82 Å². The molecule has 1 nitrogen and oxygen atoms in total. The molecule has 0 saturated heterocycles. The van der Waals surface area contributed by atoms with Crippen LogP contribution in [0.1, 0.15) is 32.6 Å². The quantitative estimate of drug-likeness (QED) is 0.749. The van der Waals surface area contributed by atoms with Gasteiger partial charge in [0.2, 0.25) is 0 Å². The van der Waals surface area contributed by atoms with Crippen LogP contribution >= 0.6 is 15.9 Å². The van der Waals surface area contributed by atoms with Gasteiger partial charge >= 0.3 is 0 Å². The zero-order valence-electron chi connectivity index (χ0n) is 9.02. The van der Waals surface area contributed by atoms with Gasteiger partial charge in [0, 0.05) is 11.0 Å². The van der Waals surface area contributed by atoms with Gasteiger partial charge in [-0.15, -0.1) is 0 Å². The first-order valence-electron chi connectivity index (χ1n) is 5.43. The zero-order chi connectivity index (χ0) is 11.1. The molecule has 0 aliphatic carbocycles. The Morgan fingerprint density at radius 3 is 2.80 bits per heavy atom. The number of halogens is 2. The summed E-state index contributed by atoms with van der Waals surface area (Å²) in [4.78, 5) is 0. The average molecular weight is 274 g/mol. The summed E-state index contributed by atoms with van der Waals surface area (Å²) in [7, 11) is 0. The molecular formula is C12H17BrFN. The Morgan fingerprint density at radius 1 is 1.27 bits per heavy atom. The lowest BCUT2D eigenvalue weighted by Crippen LogP contribution is -2.03. The van der Waals surface area contributed by atoms with Crippen LogP contribution < -0.4 is 5.32 Å². The fraction of sp³-hybridized carbons (Fsp3) is 0.500. The fourth-order valence-corrected chi connectivity index (χ4v) is 1.77. The Bertz CT molecular complexity index is 302. The van der Waals surface area contributed by atoms with Crippen LogP contribution in [0.15, 0.2) is 22.7 Å². The SMILES string of the molecule is CCCCCCNc1cc(Br)ccc1F. The minimum absolute atomic E-state index is 0.186. The van der Waals surface area contributed by atoms with Crippen LogP contribution in [0.5, 0.6) is 0 Å². The maximum absolute atomic E-state index is 13.3. The molecule has 0 aromatic heterocycles. The second-order valence-electron chi connectivity index (χ2n) is 3.61. The van der Waals surface area contributed by atoms with Gasteiger partial charge in [-0.25, -0.2) is 4.39 Å². The summed E-state index contributed by atoms with van der Waals surface area (Å²) in [5.74, 6) is -0.186. The number of benzene rings is 1. The Labute approximate surface area is 99.2 Å². The van der Waals surface area contributed by atoms with E-state index in [9.17, 15) is 4.39 Å². The van der Waals surface area contributed by atoms with E-state index in [1.165, 1.54) is 25.3 Å². The van der Waals surface area contributed by atoms with Crippen molar-refractivity contribution in [3.8, 4) is 0 Å². The standard InChI is InChI=1S/C12H17BrFN/c1-2-3-4-5-8-15-12-9-10(13)6-7-11(12)14/h6-7,9,15H,2-5,8H2,1H3. The maximum Gasteiger partial charge on any atom is 0.146 e. The van der Waals surface area contributed by atoms with Crippen molar-refractivity contribution in [3.05, 3.63) is 28.5 Å². The molecule has 1 rings (SSSR count). The monoisotopic (exact) mass is 273 g/mol. The van der Waals surface area contributed by atoms with Crippen LogP contribution in [-0.2, 0) is 0 Å². The van der Waals surface area contributed by atoms with Crippen LogP contribution in [0.3, 0.4) is 0 Å². The largest absolute Gasteiger partial charge is 0.383 e. The van der Waals surface area contributed by atoms with Crippen LogP contribution in [0.25, 0.3) is 0 Å². The number of anilines is 1. The van der Waals surface area contributed by atoms with Crippen LogP contribution in [0, 0.1) is 5.82 Å². The molecule has 0 saturated carbocycles. The zero-order valence-corrected chi connectivity index (χ0v) is 10.6. The maximum atomic E-state index is 13.3. The summed E-state index contributed by atoms with van der Waals surface area (Å²) >= 11 is 3.32. The smallest absolute Gasteiger partial charge is 0.146 e. The van der Waals surface area contributed by atoms with Crippen molar-refractivity contribution >= 4 is 21.6 Å². The number of nitrogens with one attached hydrogen (secondary N) is 1. The van der Waals surface area contributed by atoms with E-state index in [2.05, 4.69) is 28.2 Å².